The van der Waals surface area contributed by atoms with Crippen LogP contribution in [0.5, 0.6) is 11.5 Å². The van der Waals surface area contributed by atoms with Crippen LogP contribution in [0.1, 0.15) is 17.2 Å². The zero-order chi connectivity index (χ0) is 15.9. The van der Waals surface area contributed by atoms with Crippen LogP contribution in [-0.2, 0) is 6.54 Å². The van der Waals surface area contributed by atoms with Gasteiger partial charge in [-0.25, -0.2) is 0 Å². The highest BCUT2D eigenvalue weighted by molar-refractivity contribution is 5.42. The first kappa shape index (κ1) is 16.3. The molecule has 0 aromatic heterocycles. The number of rotatable bonds is 7. The Morgan fingerprint density at radius 3 is 2.27 bits per heavy atom. The minimum atomic E-state index is -0.0331. The van der Waals surface area contributed by atoms with E-state index in [4.69, 9.17) is 9.47 Å². The third kappa shape index (κ3) is 3.78. The molecule has 0 heterocycles. The summed E-state index contributed by atoms with van der Waals surface area (Å²) in [5.74, 6) is 1.43. The van der Waals surface area contributed by atoms with E-state index in [0.29, 0.717) is 12.3 Å². The molecule has 2 aromatic carbocycles. The molecule has 4 heteroatoms. The highest BCUT2D eigenvalue weighted by Crippen LogP contribution is 2.29. The molecule has 0 saturated heterocycles. The molecule has 0 saturated carbocycles. The van der Waals surface area contributed by atoms with Crippen molar-refractivity contribution in [2.75, 3.05) is 27.9 Å². The summed E-state index contributed by atoms with van der Waals surface area (Å²) in [7, 11) is 5.26. The van der Waals surface area contributed by atoms with Crippen molar-refractivity contribution in [2.45, 2.75) is 12.6 Å². The molecule has 0 aliphatic carbocycles. The second kappa shape index (κ2) is 7.82. The summed E-state index contributed by atoms with van der Waals surface area (Å²) in [5.41, 5.74) is 2.21. The lowest BCUT2D eigenvalue weighted by Crippen LogP contribution is -2.26. The zero-order valence-corrected chi connectivity index (χ0v) is 13.3. The molecule has 1 atom stereocenters. The molecule has 118 valence electrons. The number of hydrogen-bond acceptors (Lipinski definition) is 4. The standard InChI is InChI=1S/C18H23NO3/c1-19(16(13-20)15-7-5-4-6-8-15)12-14-9-10-17(21-2)18(11-14)22-3/h4-11,16,20H,12-13H2,1-3H3. The highest BCUT2D eigenvalue weighted by atomic mass is 16.5. The van der Waals surface area contributed by atoms with Crippen molar-refractivity contribution >= 4 is 0 Å². The van der Waals surface area contributed by atoms with Gasteiger partial charge in [0.15, 0.2) is 11.5 Å². The molecule has 1 N–H and O–H groups in total. The van der Waals surface area contributed by atoms with Crippen LogP contribution in [0.25, 0.3) is 0 Å². The molecule has 1 unspecified atom stereocenters. The smallest absolute Gasteiger partial charge is 0.161 e. The molecule has 4 nitrogen and oxygen atoms in total. The Morgan fingerprint density at radius 2 is 1.68 bits per heavy atom. The van der Waals surface area contributed by atoms with E-state index >= 15 is 0 Å². The number of likely N-dealkylation sites (N-methyl/N-ethyl adjacent to an activating group) is 1. The van der Waals surface area contributed by atoms with Gasteiger partial charge >= 0.3 is 0 Å². The third-order valence-corrected chi connectivity index (χ3v) is 3.77. The monoisotopic (exact) mass is 301 g/mol. The van der Waals surface area contributed by atoms with Crippen LogP contribution in [0.4, 0.5) is 0 Å². The minimum absolute atomic E-state index is 0.0331. The number of benzene rings is 2. The quantitative estimate of drug-likeness (QED) is 0.854. The van der Waals surface area contributed by atoms with E-state index in [1.807, 2.05) is 55.6 Å². The summed E-state index contributed by atoms with van der Waals surface area (Å²) in [5, 5.41) is 9.72. The molecule has 0 aliphatic rings. The van der Waals surface area contributed by atoms with Crippen LogP contribution >= 0.6 is 0 Å². The van der Waals surface area contributed by atoms with E-state index in [2.05, 4.69) is 4.90 Å². The second-order valence-electron chi connectivity index (χ2n) is 5.21. The maximum atomic E-state index is 9.72. The van der Waals surface area contributed by atoms with Crippen LogP contribution in [0, 0.1) is 0 Å². The lowest BCUT2D eigenvalue weighted by atomic mass is 10.1. The summed E-state index contributed by atoms with van der Waals surface area (Å²) < 4.78 is 10.6. The Bertz CT molecular complexity index is 586. The molecular formula is C18H23NO3. The number of hydrogen-bond donors (Lipinski definition) is 1. The Kier molecular flexibility index (Phi) is 5.81. The van der Waals surface area contributed by atoms with Crippen molar-refractivity contribution in [1.82, 2.24) is 4.90 Å². The predicted octanol–water partition coefficient (Wildman–Crippen LogP) is 2.87. The third-order valence-electron chi connectivity index (χ3n) is 3.77. The largest absolute Gasteiger partial charge is 0.493 e. The second-order valence-corrected chi connectivity index (χ2v) is 5.21. The summed E-state index contributed by atoms with van der Waals surface area (Å²) in [6, 6.07) is 15.9. The minimum Gasteiger partial charge on any atom is -0.493 e. The number of ether oxygens (including phenoxy) is 2. The normalized spacial score (nSPS) is 12.2. The van der Waals surface area contributed by atoms with Gasteiger partial charge in [0, 0.05) is 6.54 Å². The fourth-order valence-electron chi connectivity index (χ4n) is 2.55. The molecule has 0 aliphatic heterocycles. The van der Waals surface area contributed by atoms with E-state index in [-0.39, 0.29) is 12.6 Å². The molecule has 2 rings (SSSR count). The fraction of sp³-hybridized carbons (Fsp3) is 0.333. The zero-order valence-electron chi connectivity index (χ0n) is 13.3. The van der Waals surface area contributed by atoms with Gasteiger partial charge in [-0.2, -0.15) is 0 Å². The van der Waals surface area contributed by atoms with E-state index in [1.54, 1.807) is 14.2 Å². The van der Waals surface area contributed by atoms with E-state index in [0.717, 1.165) is 16.9 Å². The van der Waals surface area contributed by atoms with Crippen LogP contribution < -0.4 is 9.47 Å². The molecule has 0 radical (unpaired) electrons. The van der Waals surface area contributed by atoms with Crippen molar-refractivity contribution in [2.24, 2.45) is 0 Å². The van der Waals surface area contributed by atoms with Crippen LogP contribution in [0.3, 0.4) is 0 Å². The lowest BCUT2D eigenvalue weighted by molar-refractivity contribution is 0.142. The van der Waals surface area contributed by atoms with E-state index < -0.39 is 0 Å². The molecule has 0 spiro atoms. The maximum absolute atomic E-state index is 9.72. The van der Waals surface area contributed by atoms with Gasteiger partial charge in [0.25, 0.3) is 0 Å². The Morgan fingerprint density at radius 1 is 1.00 bits per heavy atom. The van der Waals surface area contributed by atoms with Crippen molar-refractivity contribution in [3.8, 4) is 11.5 Å². The number of aliphatic hydroxyl groups is 1. The fourth-order valence-corrected chi connectivity index (χ4v) is 2.55. The Balaban J connectivity index is 2.15. The Hall–Kier alpha value is -2.04. The van der Waals surface area contributed by atoms with Crippen LogP contribution in [-0.4, -0.2) is 37.9 Å². The van der Waals surface area contributed by atoms with E-state index in [9.17, 15) is 5.11 Å². The lowest BCUT2D eigenvalue weighted by Gasteiger charge is -2.27. The summed E-state index contributed by atoms with van der Waals surface area (Å²) in [6.45, 7) is 0.786. The van der Waals surface area contributed by atoms with Gasteiger partial charge in [0.05, 0.1) is 26.9 Å². The molecule has 0 amide bonds. The van der Waals surface area contributed by atoms with Gasteiger partial charge in [-0.1, -0.05) is 36.4 Å². The van der Waals surface area contributed by atoms with E-state index in [1.165, 1.54) is 0 Å². The molecule has 22 heavy (non-hydrogen) atoms. The summed E-state index contributed by atoms with van der Waals surface area (Å²) >= 11 is 0. The van der Waals surface area contributed by atoms with Crippen molar-refractivity contribution in [1.29, 1.82) is 0 Å². The van der Waals surface area contributed by atoms with Crippen molar-refractivity contribution in [3.05, 3.63) is 59.7 Å². The van der Waals surface area contributed by atoms with Gasteiger partial charge < -0.3 is 14.6 Å². The first-order valence-corrected chi connectivity index (χ1v) is 7.26. The molecule has 2 aromatic rings. The average Bonchev–Trinajstić information content (AvgIpc) is 2.56. The van der Waals surface area contributed by atoms with Gasteiger partial charge in [-0.05, 0) is 30.3 Å². The predicted molar refractivity (Wildman–Crippen MR) is 87.3 cm³/mol. The van der Waals surface area contributed by atoms with Gasteiger partial charge in [0.2, 0.25) is 0 Å². The van der Waals surface area contributed by atoms with Crippen molar-refractivity contribution in [3.63, 3.8) is 0 Å². The number of nitrogens with zero attached hydrogens (tertiary/aromatic N) is 1. The summed E-state index contributed by atoms with van der Waals surface area (Å²) in [4.78, 5) is 2.12. The molecule has 0 bridgehead atoms. The summed E-state index contributed by atoms with van der Waals surface area (Å²) in [6.07, 6.45) is 0. The van der Waals surface area contributed by atoms with Gasteiger partial charge in [-0.3, -0.25) is 4.90 Å². The van der Waals surface area contributed by atoms with Crippen LogP contribution in [0.2, 0.25) is 0 Å². The van der Waals surface area contributed by atoms with Gasteiger partial charge in [-0.15, -0.1) is 0 Å². The number of aliphatic hydroxyl groups excluding tert-OH is 1. The Labute approximate surface area is 131 Å². The van der Waals surface area contributed by atoms with Crippen molar-refractivity contribution < 1.29 is 14.6 Å². The molecule has 0 fully saturated rings. The average molecular weight is 301 g/mol. The number of methoxy groups -OCH3 is 2. The topological polar surface area (TPSA) is 41.9 Å². The van der Waals surface area contributed by atoms with Crippen LogP contribution in [0.15, 0.2) is 48.5 Å². The first-order valence-electron chi connectivity index (χ1n) is 7.26. The maximum Gasteiger partial charge on any atom is 0.161 e. The first-order chi connectivity index (χ1) is 10.7. The highest BCUT2D eigenvalue weighted by Gasteiger charge is 2.16. The molecular weight excluding hydrogens is 278 g/mol. The van der Waals surface area contributed by atoms with Gasteiger partial charge in [0.1, 0.15) is 0 Å². The SMILES string of the molecule is COc1ccc(CN(C)C(CO)c2ccccc2)cc1OC.